The van der Waals surface area contributed by atoms with Crippen molar-refractivity contribution < 1.29 is 13.5 Å². The Hall–Kier alpha value is -1.95. The van der Waals surface area contributed by atoms with Crippen LogP contribution in [0.2, 0.25) is 0 Å². The third-order valence-corrected chi connectivity index (χ3v) is 2.54. The van der Waals surface area contributed by atoms with Gasteiger partial charge in [-0.1, -0.05) is 19.9 Å². The lowest BCUT2D eigenvalue weighted by molar-refractivity contribution is 0.408. The molecular weight excluding hydrogens is 249 g/mol. The third-order valence-electron chi connectivity index (χ3n) is 2.54. The molecule has 0 fully saturated rings. The van der Waals surface area contributed by atoms with Gasteiger partial charge in [0.15, 0.2) is 0 Å². The Morgan fingerprint density at radius 1 is 1.37 bits per heavy atom. The molecule has 1 aromatic carbocycles. The van der Waals surface area contributed by atoms with Crippen LogP contribution in [0, 0.1) is 5.82 Å². The molecule has 2 rings (SSSR count). The van der Waals surface area contributed by atoms with Crippen molar-refractivity contribution in [2.75, 3.05) is 7.11 Å². The highest BCUT2D eigenvalue weighted by Crippen LogP contribution is 2.31. The minimum atomic E-state index is -0.452. The van der Waals surface area contributed by atoms with Crippen LogP contribution in [0.5, 0.6) is 5.75 Å². The minimum absolute atomic E-state index is 0.121. The summed E-state index contributed by atoms with van der Waals surface area (Å²) in [7, 11) is 1.47. The first-order valence-corrected chi connectivity index (χ1v) is 6.00. The lowest BCUT2D eigenvalue weighted by atomic mass is 10.2. The van der Waals surface area contributed by atoms with Gasteiger partial charge in [0, 0.05) is 6.04 Å². The summed E-state index contributed by atoms with van der Waals surface area (Å²) in [4.78, 5) is 0. The van der Waals surface area contributed by atoms with Crippen LogP contribution in [0.25, 0.3) is 11.5 Å². The van der Waals surface area contributed by atoms with Gasteiger partial charge in [-0.3, -0.25) is 0 Å². The summed E-state index contributed by atoms with van der Waals surface area (Å²) in [6.45, 7) is 4.47. The fourth-order valence-electron chi connectivity index (χ4n) is 1.60. The largest absolute Gasteiger partial charge is 0.496 e. The van der Waals surface area contributed by atoms with E-state index < -0.39 is 5.82 Å². The van der Waals surface area contributed by atoms with Crippen LogP contribution in [-0.4, -0.2) is 23.3 Å². The molecule has 1 heterocycles. The molecule has 1 N–H and O–H groups in total. The van der Waals surface area contributed by atoms with Gasteiger partial charge < -0.3 is 14.5 Å². The number of nitrogens with zero attached hydrogens (tertiary/aromatic N) is 2. The van der Waals surface area contributed by atoms with Gasteiger partial charge >= 0.3 is 0 Å². The zero-order valence-corrected chi connectivity index (χ0v) is 11.1. The molecule has 0 bridgehead atoms. The van der Waals surface area contributed by atoms with E-state index in [9.17, 15) is 4.39 Å². The summed E-state index contributed by atoms with van der Waals surface area (Å²) in [5.74, 6) is 0.447. The Balaban J connectivity index is 2.28. The summed E-state index contributed by atoms with van der Waals surface area (Å²) in [6.07, 6.45) is 0. The number of nitrogens with one attached hydrogen (secondary N) is 1. The second kappa shape index (κ2) is 5.79. The first-order valence-electron chi connectivity index (χ1n) is 6.00. The van der Waals surface area contributed by atoms with Gasteiger partial charge in [0.05, 0.1) is 13.7 Å². The molecule has 0 atom stereocenters. The van der Waals surface area contributed by atoms with Crippen molar-refractivity contribution in [3.05, 3.63) is 29.9 Å². The highest BCUT2D eigenvalue weighted by Gasteiger charge is 2.18. The number of methoxy groups -OCH3 is 1. The fraction of sp³-hybridized carbons (Fsp3) is 0.385. The second-order valence-electron chi connectivity index (χ2n) is 4.35. The van der Waals surface area contributed by atoms with Crippen LogP contribution in [0.4, 0.5) is 4.39 Å². The number of benzene rings is 1. The van der Waals surface area contributed by atoms with E-state index in [1.807, 2.05) is 13.8 Å². The Morgan fingerprint density at radius 3 is 2.84 bits per heavy atom. The van der Waals surface area contributed by atoms with Crippen LogP contribution in [0.1, 0.15) is 19.7 Å². The van der Waals surface area contributed by atoms with Crippen LogP contribution >= 0.6 is 0 Å². The molecule has 0 saturated heterocycles. The van der Waals surface area contributed by atoms with Crippen molar-refractivity contribution in [2.45, 2.75) is 26.4 Å². The topological polar surface area (TPSA) is 60.2 Å². The number of aromatic nitrogens is 2. The molecule has 0 aliphatic heterocycles. The van der Waals surface area contributed by atoms with E-state index in [1.54, 1.807) is 12.1 Å². The average molecular weight is 265 g/mol. The Kier molecular flexibility index (Phi) is 4.11. The minimum Gasteiger partial charge on any atom is -0.496 e. The molecule has 102 valence electrons. The predicted molar refractivity (Wildman–Crippen MR) is 68.2 cm³/mol. The first-order chi connectivity index (χ1) is 9.11. The van der Waals surface area contributed by atoms with E-state index in [0.29, 0.717) is 24.2 Å². The van der Waals surface area contributed by atoms with E-state index in [2.05, 4.69) is 15.5 Å². The zero-order valence-electron chi connectivity index (χ0n) is 11.1. The van der Waals surface area contributed by atoms with Gasteiger partial charge in [-0.25, -0.2) is 4.39 Å². The van der Waals surface area contributed by atoms with Crippen molar-refractivity contribution in [3.63, 3.8) is 0 Å². The molecule has 0 amide bonds. The number of hydrogen-bond acceptors (Lipinski definition) is 5. The highest BCUT2D eigenvalue weighted by atomic mass is 19.1. The third kappa shape index (κ3) is 3.08. The Bertz CT molecular complexity index is 555. The maximum absolute atomic E-state index is 13.8. The molecule has 0 aliphatic rings. The molecule has 0 aliphatic carbocycles. The summed E-state index contributed by atoms with van der Waals surface area (Å²) < 4.78 is 24.4. The fourth-order valence-corrected chi connectivity index (χ4v) is 1.60. The van der Waals surface area contributed by atoms with Gasteiger partial charge in [-0.05, 0) is 12.1 Å². The van der Waals surface area contributed by atoms with Crippen molar-refractivity contribution in [2.24, 2.45) is 0 Å². The summed E-state index contributed by atoms with van der Waals surface area (Å²) >= 11 is 0. The standard InChI is InChI=1S/C13H16FN3O2/c1-8(2)15-7-11-16-17-13(19-11)12-9(14)5-4-6-10(12)18-3/h4-6,8,15H,7H2,1-3H3. The summed E-state index contributed by atoms with van der Waals surface area (Å²) in [6, 6.07) is 4.84. The molecule has 0 radical (unpaired) electrons. The van der Waals surface area contributed by atoms with E-state index in [1.165, 1.54) is 13.2 Å². The quantitative estimate of drug-likeness (QED) is 0.899. The lowest BCUT2D eigenvalue weighted by Crippen LogP contribution is -2.21. The van der Waals surface area contributed by atoms with Crippen molar-refractivity contribution in [1.29, 1.82) is 0 Å². The lowest BCUT2D eigenvalue weighted by Gasteiger charge is -2.05. The number of rotatable bonds is 5. The van der Waals surface area contributed by atoms with Gasteiger partial charge in [-0.15, -0.1) is 10.2 Å². The molecule has 0 spiro atoms. The van der Waals surface area contributed by atoms with Crippen LogP contribution < -0.4 is 10.1 Å². The van der Waals surface area contributed by atoms with E-state index in [0.717, 1.165) is 0 Å². The summed E-state index contributed by atoms with van der Waals surface area (Å²) in [5, 5.41) is 10.9. The number of ether oxygens (including phenoxy) is 1. The molecule has 6 heteroatoms. The van der Waals surface area contributed by atoms with Crippen molar-refractivity contribution in [1.82, 2.24) is 15.5 Å². The Morgan fingerprint density at radius 2 is 2.16 bits per heavy atom. The van der Waals surface area contributed by atoms with Crippen molar-refractivity contribution in [3.8, 4) is 17.2 Å². The molecule has 19 heavy (non-hydrogen) atoms. The van der Waals surface area contributed by atoms with Gasteiger partial charge in [0.25, 0.3) is 5.89 Å². The van der Waals surface area contributed by atoms with E-state index in [4.69, 9.17) is 9.15 Å². The van der Waals surface area contributed by atoms with Crippen LogP contribution in [0.15, 0.2) is 22.6 Å². The second-order valence-corrected chi connectivity index (χ2v) is 4.35. The molecule has 1 aromatic heterocycles. The normalized spacial score (nSPS) is 11.0. The van der Waals surface area contributed by atoms with Gasteiger partial charge in [0.1, 0.15) is 17.1 Å². The molecule has 5 nitrogen and oxygen atoms in total. The predicted octanol–water partition coefficient (Wildman–Crippen LogP) is 2.38. The smallest absolute Gasteiger partial charge is 0.254 e. The van der Waals surface area contributed by atoms with Gasteiger partial charge in [0.2, 0.25) is 5.89 Å². The van der Waals surface area contributed by atoms with E-state index in [-0.39, 0.29) is 11.5 Å². The highest BCUT2D eigenvalue weighted by molar-refractivity contribution is 5.63. The maximum atomic E-state index is 13.8. The molecule has 2 aromatic rings. The SMILES string of the molecule is COc1cccc(F)c1-c1nnc(CNC(C)C)o1. The molecule has 0 saturated carbocycles. The van der Waals surface area contributed by atoms with E-state index >= 15 is 0 Å². The zero-order chi connectivity index (χ0) is 13.8. The number of halogens is 1. The monoisotopic (exact) mass is 265 g/mol. The average Bonchev–Trinajstić information content (AvgIpc) is 2.84. The van der Waals surface area contributed by atoms with Crippen LogP contribution in [-0.2, 0) is 6.54 Å². The van der Waals surface area contributed by atoms with Gasteiger partial charge in [-0.2, -0.15) is 0 Å². The summed E-state index contributed by atoms with van der Waals surface area (Å²) in [5.41, 5.74) is 0.188. The van der Waals surface area contributed by atoms with Crippen molar-refractivity contribution >= 4 is 0 Å². The Labute approximate surface area is 110 Å². The van der Waals surface area contributed by atoms with Crippen LogP contribution in [0.3, 0.4) is 0 Å². The maximum Gasteiger partial charge on any atom is 0.254 e. The number of hydrogen-bond donors (Lipinski definition) is 1. The molecule has 0 unspecified atom stereocenters. The first kappa shape index (κ1) is 13.5. The molecular formula is C13H16FN3O2.